The topological polar surface area (TPSA) is 130 Å². The minimum absolute atomic E-state index is 0.0507. The smallest absolute Gasteiger partial charge is 0.322 e. The summed E-state index contributed by atoms with van der Waals surface area (Å²) in [6, 6.07) is 20.9. The first-order valence-electron chi connectivity index (χ1n) is 13.0. The first-order valence-corrected chi connectivity index (χ1v) is 16.3. The van der Waals surface area contributed by atoms with E-state index in [1.165, 1.54) is 16.4 Å². The molecule has 0 heterocycles. The van der Waals surface area contributed by atoms with Crippen LogP contribution in [0.2, 0.25) is 0 Å². The number of ether oxygens (including phenoxy) is 1. The monoisotopic (exact) mass is 586 g/mol. The zero-order chi connectivity index (χ0) is 28.9. The van der Waals surface area contributed by atoms with E-state index >= 15 is 0 Å². The van der Waals surface area contributed by atoms with Crippen molar-refractivity contribution < 1.29 is 31.5 Å². The number of hydrogen-bond donors (Lipinski definition) is 2. The Bertz CT molecular complexity index is 1510. The molecule has 1 fully saturated rings. The third kappa shape index (κ3) is 7.28. The molecular weight excluding hydrogens is 552 g/mol. The van der Waals surface area contributed by atoms with E-state index in [0.29, 0.717) is 25.0 Å². The van der Waals surface area contributed by atoms with Gasteiger partial charge in [0.2, 0.25) is 20.0 Å². The van der Waals surface area contributed by atoms with Gasteiger partial charge >= 0.3 is 5.97 Å². The van der Waals surface area contributed by atoms with Crippen LogP contribution in [0.4, 0.5) is 0 Å². The lowest BCUT2D eigenvalue weighted by molar-refractivity contribution is -0.140. The highest BCUT2D eigenvalue weighted by molar-refractivity contribution is 7.89. The molecule has 4 rings (SSSR count). The van der Waals surface area contributed by atoms with Crippen LogP contribution < -0.4 is 9.46 Å². The maximum Gasteiger partial charge on any atom is 0.322 e. The first kappa shape index (κ1) is 29.7. The van der Waals surface area contributed by atoms with Crippen molar-refractivity contribution in [1.29, 1.82) is 0 Å². The zero-order valence-corrected chi connectivity index (χ0v) is 24.1. The van der Waals surface area contributed by atoms with Crippen LogP contribution in [0.25, 0.3) is 11.1 Å². The molecule has 2 N–H and O–H groups in total. The third-order valence-electron chi connectivity index (χ3n) is 7.31. The van der Waals surface area contributed by atoms with E-state index in [2.05, 4.69) is 4.72 Å². The summed E-state index contributed by atoms with van der Waals surface area (Å²) in [6.45, 7) is 0.168. The van der Waals surface area contributed by atoms with Crippen LogP contribution in [0, 0.1) is 5.92 Å². The second-order valence-electron chi connectivity index (χ2n) is 10.1. The summed E-state index contributed by atoms with van der Waals surface area (Å²) in [5.74, 6) is -1.17. The van der Waals surface area contributed by atoms with Crippen LogP contribution in [0.1, 0.15) is 31.2 Å². The van der Waals surface area contributed by atoms with Gasteiger partial charge in [-0.2, -0.15) is 9.03 Å². The number of sulfonamides is 2. The summed E-state index contributed by atoms with van der Waals surface area (Å²) < 4.78 is 60.9. The highest BCUT2D eigenvalue weighted by Gasteiger charge is 2.39. The fourth-order valence-electron chi connectivity index (χ4n) is 5.24. The Morgan fingerprint density at radius 1 is 0.950 bits per heavy atom. The molecule has 9 nitrogen and oxygen atoms in total. The van der Waals surface area contributed by atoms with Crippen LogP contribution in [0.5, 0.6) is 5.75 Å². The average molecular weight is 587 g/mol. The van der Waals surface area contributed by atoms with Gasteiger partial charge in [-0.3, -0.25) is 4.79 Å². The molecule has 0 aromatic heterocycles. The van der Waals surface area contributed by atoms with E-state index < -0.39 is 44.0 Å². The van der Waals surface area contributed by atoms with Crippen LogP contribution in [0.3, 0.4) is 0 Å². The fraction of sp³-hybridized carbons (Fsp3) is 0.345. The van der Waals surface area contributed by atoms with Gasteiger partial charge in [-0.15, -0.1) is 0 Å². The van der Waals surface area contributed by atoms with E-state index in [1.807, 2.05) is 42.5 Å². The molecule has 0 aliphatic heterocycles. The molecule has 40 heavy (non-hydrogen) atoms. The van der Waals surface area contributed by atoms with Gasteiger partial charge in [0.05, 0.1) is 18.3 Å². The molecule has 1 aliphatic rings. The molecule has 0 radical (unpaired) electrons. The number of rotatable bonds is 11. The number of hydrogen-bond acceptors (Lipinski definition) is 6. The predicted molar refractivity (Wildman–Crippen MR) is 153 cm³/mol. The maximum atomic E-state index is 13.2. The SMILES string of the molecule is COc1ccc(-c2ccc(S(=O)(=O)NC(C(=O)O)C3CCCC(N(Cc4ccccc4)S(C)(=O)=O)C3)cc2)cc1. The second kappa shape index (κ2) is 12.5. The van der Waals surface area contributed by atoms with Gasteiger partial charge in [-0.25, -0.2) is 16.8 Å². The highest BCUT2D eigenvalue weighted by atomic mass is 32.2. The molecule has 1 saturated carbocycles. The Balaban J connectivity index is 1.51. The summed E-state index contributed by atoms with van der Waals surface area (Å²) in [5.41, 5.74) is 2.50. The Morgan fingerprint density at radius 3 is 2.10 bits per heavy atom. The van der Waals surface area contributed by atoms with E-state index in [1.54, 1.807) is 31.4 Å². The van der Waals surface area contributed by atoms with Gasteiger partial charge in [0.25, 0.3) is 0 Å². The molecule has 0 bridgehead atoms. The Labute approximate surface area is 235 Å². The number of carboxylic acids is 1. The predicted octanol–water partition coefficient (Wildman–Crippen LogP) is 4.11. The molecule has 1 aliphatic carbocycles. The molecule has 3 unspecified atom stereocenters. The minimum Gasteiger partial charge on any atom is -0.497 e. The lowest BCUT2D eigenvalue weighted by atomic mass is 9.81. The van der Waals surface area contributed by atoms with Crippen molar-refractivity contribution in [3.63, 3.8) is 0 Å². The number of carboxylic acid groups (broad SMARTS) is 1. The number of methoxy groups -OCH3 is 1. The molecular formula is C29H34N2O7S2. The summed E-state index contributed by atoms with van der Waals surface area (Å²) in [5, 5.41) is 10.0. The van der Waals surface area contributed by atoms with Crippen molar-refractivity contribution in [2.75, 3.05) is 13.4 Å². The normalized spacial score (nSPS) is 18.8. The van der Waals surface area contributed by atoms with Crippen molar-refractivity contribution in [2.24, 2.45) is 5.92 Å². The molecule has 0 spiro atoms. The minimum atomic E-state index is -4.16. The van der Waals surface area contributed by atoms with E-state index in [4.69, 9.17) is 4.74 Å². The van der Waals surface area contributed by atoms with E-state index in [-0.39, 0.29) is 17.9 Å². The molecule has 0 saturated heterocycles. The molecule has 214 valence electrons. The lowest BCUT2D eigenvalue weighted by Crippen LogP contribution is -2.50. The standard InChI is InChI=1S/C29H34N2O7S2/c1-38-26-15-11-22(12-16-26)23-13-17-27(18-14-23)40(36,37)30-28(29(32)33)24-9-6-10-25(19-24)31(39(2,34)35)20-21-7-4-3-5-8-21/h3-5,7-8,11-18,24-25,28,30H,6,9-10,19-20H2,1-2H3,(H,32,33). The Hall–Kier alpha value is -3.25. The molecule has 0 amide bonds. The molecule has 3 aromatic carbocycles. The van der Waals surface area contributed by atoms with Gasteiger partial charge in [0.1, 0.15) is 11.8 Å². The van der Waals surface area contributed by atoms with E-state index in [0.717, 1.165) is 22.9 Å². The second-order valence-corrected chi connectivity index (χ2v) is 13.7. The van der Waals surface area contributed by atoms with E-state index in [9.17, 15) is 26.7 Å². The zero-order valence-electron chi connectivity index (χ0n) is 22.4. The third-order valence-corrected chi connectivity index (χ3v) is 10.0. The van der Waals surface area contributed by atoms with Crippen LogP contribution in [-0.2, 0) is 31.4 Å². The number of carbonyl (C=O) groups is 1. The number of nitrogens with one attached hydrogen (secondary N) is 1. The van der Waals surface area contributed by atoms with Gasteiger partial charge in [-0.05, 0) is 66.1 Å². The van der Waals surface area contributed by atoms with Crippen LogP contribution >= 0.6 is 0 Å². The highest BCUT2D eigenvalue weighted by Crippen LogP contribution is 2.33. The Morgan fingerprint density at radius 2 is 1.55 bits per heavy atom. The van der Waals surface area contributed by atoms with Crippen LogP contribution in [-0.4, -0.2) is 57.7 Å². The van der Waals surface area contributed by atoms with Crippen molar-refractivity contribution in [1.82, 2.24) is 9.03 Å². The quantitative estimate of drug-likeness (QED) is 0.346. The van der Waals surface area contributed by atoms with Gasteiger partial charge in [0, 0.05) is 12.6 Å². The summed E-state index contributed by atoms with van der Waals surface area (Å²) in [6.07, 6.45) is 3.00. The van der Waals surface area contributed by atoms with Gasteiger partial charge in [0.15, 0.2) is 0 Å². The first-order chi connectivity index (χ1) is 19.0. The van der Waals surface area contributed by atoms with Crippen molar-refractivity contribution >= 4 is 26.0 Å². The summed E-state index contributed by atoms with van der Waals surface area (Å²) in [4.78, 5) is 12.2. The van der Waals surface area contributed by atoms with Crippen LogP contribution in [0.15, 0.2) is 83.8 Å². The Kier molecular flexibility index (Phi) is 9.29. The average Bonchev–Trinajstić information content (AvgIpc) is 2.94. The van der Waals surface area contributed by atoms with Gasteiger partial charge in [-0.1, -0.05) is 61.0 Å². The maximum absolute atomic E-state index is 13.2. The lowest BCUT2D eigenvalue weighted by Gasteiger charge is -2.38. The molecule has 3 aromatic rings. The number of benzene rings is 3. The van der Waals surface area contributed by atoms with Crippen molar-refractivity contribution in [2.45, 2.75) is 49.2 Å². The number of nitrogens with zero attached hydrogens (tertiary/aromatic N) is 1. The van der Waals surface area contributed by atoms with Crippen molar-refractivity contribution in [3.05, 3.63) is 84.4 Å². The largest absolute Gasteiger partial charge is 0.497 e. The number of aliphatic carboxylic acids is 1. The fourth-order valence-corrected chi connectivity index (χ4v) is 7.61. The molecule has 3 atom stereocenters. The summed E-state index contributed by atoms with van der Waals surface area (Å²) in [7, 11) is -6.19. The van der Waals surface area contributed by atoms with Crippen molar-refractivity contribution in [3.8, 4) is 16.9 Å². The van der Waals surface area contributed by atoms with Gasteiger partial charge < -0.3 is 9.84 Å². The summed E-state index contributed by atoms with van der Waals surface area (Å²) >= 11 is 0. The molecule has 11 heteroatoms.